The highest BCUT2D eigenvalue weighted by Gasteiger charge is 2.46. The molecule has 0 heterocycles. The van der Waals surface area contributed by atoms with Crippen LogP contribution in [0.25, 0.3) is 0 Å². The number of benzene rings is 1. The molecule has 1 fully saturated rings. The molecule has 0 aromatic heterocycles. The molecular weight excluding hydrogens is 327 g/mol. The van der Waals surface area contributed by atoms with Gasteiger partial charge in [0.25, 0.3) is 5.91 Å². The van der Waals surface area contributed by atoms with Crippen LogP contribution in [0, 0.1) is 5.92 Å². The predicted octanol–water partition coefficient (Wildman–Crippen LogP) is 3.24. The number of hydrogen-bond donors (Lipinski definition) is 2. The van der Waals surface area contributed by atoms with Crippen molar-refractivity contribution in [3.63, 3.8) is 0 Å². The van der Waals surface area contributed by atoms with Crippen molar-refractivity contribution >= 4 is 11.9 Å². The Bertz CT molecular complexity index is 624. The number of nitrogens with one attached hydrogen (secondary N) is 1. The fraction of sp³-hybridized carbons (Fsp3) is 0.500. The third kappa shape index (κ3) is 3.80. The maximum Gasteiger partial charge on any atom is 0.408 e. The topological polar surface area (TPSA) is 75.6 Å². The molecule has 1 aliphatic rings. The van der Waals surface area contributed by atoms with Crippen LogP contribution in [0.1, 0.15) is 46.4 Å². The van der Waals surface area contributed by atoms with Gasteiger partial charge >= 0.3 is 12.1 Å². The molecule has 1 atom stereocenters. The molecule has 0 bridgehead atoms. The molecule has 2 rings (SSSR count). The fourth-order valence-electron chi connectivity index (χ4n) is 3.08. The van der Waals surface area contributed by atoms with E-state index in [1.165, 1.54) is 18.2 Å². The van der Waals surface area contributed by atoms with E-state index in [1.54, 1.807) is 0 Å². The molecule has 24 heavy (non-hydrogen) atoms. The van der Waals surface area contributed by atoms with Crippen LogP contribution >= 0.6 is 0 Å². The van der Waals surface area contributed by atoms with Gasteiger partial charge in [-0.15, -0.1) is 0 Å². The van der Waals surface area contributed by atoms with Crippen molar-refractivity contribution in [1.29, 1.82) is 0 Å². The van der Waals surface area contributed by atoms with Gasteiger partial charge < -0.3 is 15.2 Å². The van der Waals surface area contributed by atoms with Gasteiger partial charge in [-0.1, -0.05) is 18.9 Å². The van der Waals surface area contributed by atoms with Crippen LogP contribution in [-0.2, 0) is 0 Å². The number of carboxylic acid groups (broad SMARTS) is 1. The van der Waals surface area contributed by atoms with Crippen molar-refractivity contribution in [3.8, 4) is 5.75 Å². The summed E-state index contributed by atoms with van der Waals surface area (Å²) in [5.74, 6) is -3.24. The summed E-state index contributed by atoms with van der Waals surface area (Å²) in [7, 11) is 1.16. The molecule has 0 radical (unpaired) electrons. The first-order valence-corrected chi connectivity index (χ1v) is 7.53. The summed E-state index contributed by atoms with van der Waals surface area (Å²) in [6.07, 6.45) is -2.37. The molecule has 1 saturated carbocycles. The lowest BCUT2D eigenvalue weighted by atomic mass is 9.97. The lowest BCUT2D eigenvalue weighted by molar-refractivity contribution is -0.164. The molecule has 0 aliphatic heterocycles. The minimum Gasteiger partial charge on any atom is -0.495 e. The van der Waals surface area contributed by atoms with Crippen molar-refractivity contribution in [1.82, 2.24) is 5.32 Å². The third-order valence-electron chi connectivity index (χ3n) is 4.20. The summed E-state index contributed by atoms with van der Waals surface area (Å²) in [5.41, 5.74) is -0.515. The summed E-state index contributed by atoms with van der Waals surface area (Å²) in [6.45, 7) is 0. The number of carbonyl (C=O) groups excluding carboxylic acids is 1. The number of rotatable bonds is 5. The normalized spacial score (nSPS) is 16.7. The monoisotopic (exact) mass is 345 g/mol. The van der Waals surface area contributed by atoms with Gasteiger partial charge in [0, 0.05) is 0 Å². The summed E-state index contributed by atoms with van der Waals surface area (Å²) in [5, 5.41) is 11.1. The zero-order valence-electron chi connectivity index (χ0n) is 13.0. The summed E-state index contributed by atoms with van der Waals surface area (Å²) < 4.78 is 44.8. The van der Waals surface area contributed by atoms with Gasteiger partial charge in [0.15, 0.2) is 0 Å². The average molecular weight is 345 g/mol. The lowest BCUT2D eigenvalue weighted by Crippen LogP contribution is -2.49. The molecular formula is C16H18F3NO4. The van der Waals surface area contributed by atoms with Crippen molar-refractivity contribution in [2.75, 3.05) is 7.11 Å². The molecule has 0 spiro atoms. The molecule has 5 nitrogen and oxygen atoms in total. The van der Waals surface area contributed by atoms with Gasteiger partial charge in [-0.3, -0.25) is 4.79 Å². The van der Waals surface area contributed by atoms with Crippen LogP contribution in [0.4, 0.5) is 13.2 Å². The second kappa shape index (κ2) is 7.11. The highest BCUT2D eigenvalue weighted by molar-refractivity contribution is 6.02. The second-order valence-electron chi connectivity index (χ2n) is 5.73. The molecule has 2 N–H and O–H groups in total. The number of alkyl halides is 3. The molecule has 0 saturated heterocycles. The molecule has 1 aliphatic carbocycles. The van der Waals surface area contributed by atoms with E-state index in [2.05, 4.69) is 0 Å². The quantitative estimate of drug-likeness (QED) is 0.859. The van der Waals surface area contributed by atoms with Crippen LogP contribution in [-0.4, -0.2) is 36.3 Å². The summed E-state index contributed by atoms with van der Waals surface area (Å²) >= 11 is 0. The van der Waals surface area contributed by atoms with Gasteiger partial charge in [-0.05, 0) is 30.9 Å². The lowest BCUT2D eigenvalue weighted by Gasteiger charge is -2.27. The third-order valence-corrected chi connectivity index (χ3v) is 4.20. The molecule has 1 amide bonds. The Kier molecular flexibility index (Phi) is 5.36. The van der Waals surface area contributed by atoms with E-state index < -0.39 is 30.0 Å². The highest BCUT2D eigenvalue weighted by Crippen LogP contribution is 2.36. The van der Waals surface area contributed by atoms with E-state index in [0.29, 0.717) is 25.7 Å². The molecule has 8 heteroatoms. The highest BCUT2D eigenvalue weighted by atomic mass is 19.4. The van der Waals surface area contributed by atoms with Gasteiger partial charge in [0.2, 0.25) is 0 Å². The van der Waals surface area contributed by atoms with Crippen LogP contribution in [0.3, 0.4) is 0 Å². The van der Waals surface area contributed by atoms with Crippen LogP contribution < -0.4 is 10.1 Å². The number of carbonyl (C=O) groups is 2. The maximum absolute atomic E-state index is 13.3. The van der Waals surface area contributed by atoms with Gasteiger partial charge in [-0.25, -0.2) is 4.79 Å². The van der Waals surface area contributed by atoms with Crippen molar-refractivity contribution < 1.29 is 32.6 Å². The van der Waals surface area contributed by atoms with Gasteiger partial charge in [0.1, 0.15) is 17.4 Å². The first-order valence-electron chi connectivity index (χ1n) is 7.53. The van der Waals surface area contributed by atoms with E-state index >= 15 is 0 Å². The summed E-state index contributed by atoms with van der Waals surface area (Å²) in [4.78, 5) is 23.5. The van der Waals surface area contributed by atoms with E-state index in [4.69, 9.17) is 9.84 Å². The smallest absolute Gasteiger partial charge is 0.408 e. The first kappa shape index (κ1) is 18.1. The molecule has 1 aromatic carbocycles. The van der Waals surface area contributed by atoms with E-state index in [-0.39, 0.29) is 16.9 Å². The van der Waals surface area contributed by atoms with Crippen LogP contribution in [0.2, 0.25) is 0 Å². The Morgan fingerprint density at radius 1 is 1.25 bits per heavy atom. The second-order valence-corrected chi connectivity index (χ2v) is 5.73. The Balaban J connectivity index is 2.30. The Morgan fingerprint density at radius 3 is 2.33 bits per heavy atom. The SMILES string of the molecule is COc1c(C(=O)O)cccc1C(=O)NC(C1CCCC1)C(F)(F)F. The van der Waals surface area contributed by atoms with Crippen LogP contribution in [0.15, 0.2) is 18.2 Å². The Hall–Kier alpha value is -2.25. The number of carboxylic acids is 1. The average Bonchev–Trinajstić information content (AvgIpc) is 3.04. The van der Waals surface area contributed by atoms with E-state index in [0.717, 1.165) is 7.11 Å². The number of halogens is 3. The van der Waals surface area contributed by atoms with Gasteiger partial charge in [0.05, 0.1) is 12.7 Å². The zero-order chi connectivity index (χ0) is 17.9. The first-order chi connectivity index (χ1) is 11.3. The number of para-hydroxylation sites is 1. The number of amides is 1. The van der Waals surface area contributed by atoms with Crippen LogP contribution in [0.5, 0.6) is 5.75 Å². The predicted molar refractivity (Wildman–Crippen MR) is 79.2 cm³/mol. The Morgan fingerprint density at radius 2 is 1.83 bits per heavy atom. The van der Waals surface area contributed by atoms with E-state index in [1.807, 2.05) is 5.32 Å². The number of ether oxygens (including phenoxy) is 1. The summed E-state index contributed by atoms with van der Waals surface area (Å²) in [6, 6.07) is 1.79. The number of hydrogen-bond acceptors (Lipinski definition) is 3. The largest absolute Gasteiger partial charge is 0.495 e. The standard InChI is InChI=1S/C16H18F3NO4/c1-24-12-10(7-4-8-11(12)15(22)23)14(21)20-13(16(17,18)19)9-5-2-3-6-9/h4,7-9,13H,2-3,5-6H2,1H3,(H,20,21)(H,22,23). The van der Waals surface area contributed by atoms with Crippen molar-refractivity contribution in [2.24, 2.45) is 5.92 Å². The fourth-order valence-corrected chi connectivity index (χ4v) is 3.08. The van der Waals surface area contributed by atoms with Crippen molar-refractivity contribution in [2.45, 2.75) is 37.9 Å². The Labute approximate surface area is 136 Å². The number of methoxy groups -OCH3 is 1. The minimum absolute atomic E-state index is 0.232. The molecule has 132 valence electrons. The number of aromatic carboxylic acids is 1. The van der Waals surface area contributed by atoms with Crippen molar-refractivity contribution in [3.05, 3.63) is 29.3 Å². The molecule has 1 unspecified atom stereocenters. The van der Waals surface area contributed by atoms with E-state index in [9.17, 15) is 22.8 Å². The molecule has 1 aromatic rings. The minimum atomic E-state index is -4.57. The maximum atomic E-state index is 13.3. The van der Waals surface area contributed by atoms with Gasteiger partial charge in [-0.2, -0.15) is 13.2 Å². The zero-order valence-corrected chi connectivity index (χ0v) is 13.0.